The van der Waals surface area contributed by atoms with Crippen LogP contribution in [0.1, 0.15) is 29.3 Å². The van der Waals surface area contributed by atoms with Crippen LogP contribution >= 0.6 is 0 Å². The molecular formula is C9H11NO. The second kappa shape index (κ2) is 2.31. The van der Waals surface area contributed by atoms with Crippen molar-refractivity contribution in [2.75, 3.05) is 0 Å². The molecule has 0 saturated heterocycles. The molecule has 1 aromatic rings. The Hall–Kier alpha value is -0.890. The lowest BCUT2D eigenvalue weighted by Gasteiger charge is -2.02. The second-order valence-corrected chi connectivity index (χ2v) is 3.08. The fraction of sp³-hybridized carbons (Fsp3) is 0.444. The Morgan fingerprint density at radius 3 is 3.27 bits per heavy atom. The van der Waals surface area contributed by atoms with Crippen molar-refractivity contribution >= 4 is 0 Å². The molecule has 58 valence electrons. The fourth-order valence-corrected chi connectivity index (χ4v) is 1.59. The van der Waals surface area contributed by atoms with E-state index in [1.165, 1.54) is 5.56 Å². The quantitative estimate of drug-likeness (QED) is 0.604. The number of aromatic nitrogens is 1. The topological polar surface area (TPSA) is 33.1 Å². The number of fused-ring (bicyclic) bond motifs is 1. The van der Waals surface area contributed by atoms with Crippen molar-refractivity contribution in [2.45, 2.75) is 25.9 Å². The van der Waals surface area contributed by atoms with Gasteiger partial charge in [0.2, 0.25) is 0 Å². The van der Waals surface area contributed by atoms with Crippen molar-refractivity contribution in [3.8, 4) is 0 Å². The van der Waals surface area contributed by atoms with Gasteiger partial charge in [-0.25, -0.2) is 0 Å². The third kappa shape index (κ3) is 1.03. The number of hydrogen-bond acceptors (Lipinski definition) is 2. The van der Waals surface area contributed by atoms with Crippen molar-refractivity contribution in [2.24, 2.45) is 0 Å². The summed E-state index contributed by atoms with van der Waals surface area (Å²) in [5.41, 5.74) is 3.33. The number of pyridine rings is 1. The monoisotopic (exact) mass is 149 g/mol. The lowest BCUT2D eigenvalue weighted by molar-refractivity contribution is 0.179. The summed E-state index contributed by atoms with van der Waals surface area (Å²) in [5.74, 6) is 0. The normalized spacial score (nSPS) is 21.8. The Bertz CT molecular complexity index is 283. The van der Waals surface area contributed by atoms with Gasteiger partial charge < -0.3 is 5.11 Å². The Morgan fingerprint density at radius 1 is 1.64 bits per heavy atom. The second-order valence-electron chi connectivity index (χ2n) is 3.08. The van der Waals surface area contributed by atoms with Gasteiger partial charge in [-0.1, -0.05) is 0 Å². The van der Waals surface area contributed by atoms with Crippen LogP contribution in [0.2, 0.25) is 0 Å². The molecule has 1 aliphatic carbocycles. The molecule has 2 rings (SSSR count). The summed E-state index contributed by atoms with van der Waals surface area (Å²) >= 11 is 0. The van der Waals surface area contributed by atoms with Crippen molar-refractivity contribution in [3.05, 3.63) is 29.1 Å². The molecule has 0 amide bonds. The first-order valence-electron chi connectivity index (χ1n) is 3.91. The van der Waals surface area contributed by atoms with Crippen molar-refractivity contribution in [1.82, 2.24) is 4.98 Å². The van der Waals surface area contributed by atoms with E-state index in [-0.39, 0.29) is 6.10 Å². The van der Waals surface area contributed by atoms with Gasteiger partial charge >= 0.3 is 0 Å². The molecule has 0 aliphatic heterocycles. The number of nitrogens with zero attached hydrogens (tertiary/aromatic N) is 1. The summed E-state index contributed by atoms with van der Waals surface area (Å²) in [6, 6.07) is 2.06. The molecule has 0 bridgehead atoms. The van der Waals surface area contributed by atoms with Crippen molar-refractivity contribution < 1.29 is 5.11 Å². The van der Waals surface area contributed by atoms with E-state index in [1.807, 2.05) is 6.92 Å². The van der Waals surface area contributed by atoms with E-state index in [1.54, 1.807) is 6.20 Å². The van der Waals surface area contributed by atoms with Gasteiger partial charge in [0.05, 0.1) is 6.10 Å². The largest absolute Gasteiger partial charge is 0.388 e. The highest BCUT2D eigenvalue weighted by atomic mass is 16.3. The molecule has 1 heterocycles. The van der Waals surface area contributed by atoms with Gasteiger partial charge in [-0.3, -0.25) is 4.98 Å². The van der Waals surface area contributed by atoms with Gasteiger partial charge in [0, 0.05) is 17.5 Å². The van der Waals surface area contributed by atoms with E-state index in [2.05, 4.69) is 11.1 Å². The molecule has 0 spiro atoms. The van der Waals surface area contributed by atoms with E-state index in [0.29, 0.717) is 0 Å². The predicted octanol–water partition coefficient (Wildman–Crippen LogP) is 1.37. The minimum atomic E-state index is -0.266. The molecule has 1 aromatic heterocycles. The molecule has 1 atom stereocenters. The zero-order valence-electron chi connectivity index (χ0n) is 6.54. The Labute approximate surface area is 65.9 Å². The standard InChI is InChI=1S/C9H11NO/c1-6-4-7-2-3-9(11)8(7)5-10-6/h4-5,9,11H,2-3H2,1H3. The smallest absolute Gasteiger partial charge is 0.0810 e. The van der Waals surface area contributed by atoms with E-state index >= 15 is 0 Å². The number of hydrogen-bond donors (Lipinski definition) is 1. The number of aliphatic hydroxyl groups is 1. The molecule has 2 nitrogen and oxygen atoms in total. The zero-order chi connectivity index (χ0) is 7.84. The van der Waals surface area contributed by atoms with Crippen LogP contribution in [0.15, 0.2) is 12.3 Å². The SMILES string of the molecule is Cc1cc2c(cn1)C(O)CC2. The van der Waals surface area contributed by atoms with E-state index < -0.39 is 0 Å². The Balaban J connectivity index is 2.50. The van der Waals surface area contributed by atoms with Crippen LogP contribution in [0.5, 0.6) is 0 Å². The van der Waals surface area contributed by atoms with E-state index in [4.69, 9.17) is 0 Å². The highest BCUT2D eigenvalue weighted by Crippen LogP contribution is 2.30. The molecule has 2 heteroatoms. The molecule has 1 aliphatic rings. The highest BCUT2D eigenvalue weighted by molar-refractivity contribution is 5.32. The summed E-state index contributed by atoms with van der Waals surface area (Å²) in [7, 11) is 0. The summed E-state index contributed by atoms with van der Waals surface area (Å²) in [6.07, 6.45) is 3.39. The molecule has 11 heavy (non-hydrogen) atoms. The average molecular weight is 149 g/mol. The molecule has 0 saturated carbocycles. The number of aliphatic hydroxyl groups excluding tert-OH is 1. The predicted molar refractivity (Wildman–Crippen MR) is 42.3 cm³/mol. The van der Waals surface area contributed by atoms with Gasteiger partial charge in [0.15, 0.2) is 0 Å². The van der Waals surface area contributed by atoms with Crippen LogP contribution < -0.4 is 0 Å². The lowest BCUT2D eigenvalue weighted by atomic mass is 10.1. The van der Waals surface area contributed by atoms with Crippen LogP contribution in [0.3, 0.4) is 0 Å². The van der Waals surface area contributed by atoms with Crippen LogP contribution in [0.4, 0.5) is 0 Å². The Kier molecular flexibility index (Phi) is 1.43. The van der Waals surface area contributed by atoms with Gasteiger partial charge in [0.25, 0.3) is 0 Å². The fourth-order valence-electron chi connectivity index (χ4n) is 1.59. The van der Waals surface area contributed by atoms with Crippen LogP contribution in [-0.2, 0) is 6.42 Å². The van der Waals surface area contributed by atoms with Crippen molar-refractivity contribution in [3.63, 3.8) is 0 Å². The maximum Gasteiger partial charge on any atom is 0.0810 e. The van der Waals surface area contributed by atoms with Crippen LogP contribution in [0.25, 0.3) is 0 Å². The molecular weight excluding hydrogens is 138 g/mol. The number of aryl methyl sites for hydroxylation is 2. The Morgan fingerprint density at radius 2 is 2.45 bits per heavy atom. The average Bonchev–Trinajstić information content (AvgIpc) is 2.32. The van der Waals surface area contributed by atoms with E-state index in [9.17, 15) is 5.11 Å². The van der Waals surface area contributed by atoms with Gasteiger partial charge in [-0.15, -0.1) is 0 Å². The zero-order valence-corrected chi connectivity index (χ0v) is 6.54. The third-order valence-electron chi connectivity index (χ3n) is 2.21. The number of rotatable bonds is 0. The van der Waals surface area contributed by atoms with E-state index in [0.717, 1.165) is 24.1 Å². The van der Waals surface area contributed by atoms with Crippen LogP contribution in [0, 0.1) is 6.92 Å². The highest BCUT2D eigenvalue weighted by Gasteiger charge is 2.19. The first kappa shape index (κ1) is 6.80. The maximum atomic E-state index is 9.43. The molecule has 1 unspecified atom stereocenters. The summed E-state index contributed by atoms with van der Waals surface area (Å²) in [4.78, 5) is 4.14. The summed E-state index contributed by atoms with van der Waals surface area (Å²) < 4.78 is 0. The minimum absolute atomic E-state index is 0.266. The van der Waals surface area contributed by atoms with Gasteiger partial charge in [-0.2, -0.15) is 0 Å². The third-order valence-corrected chi connectivity index (χ3v) is 2.21. The lowest BCUT2D eigenvalue weighted by Crippen LogP contribution is -1.92. The minimum Gasteiger partial charge on any atom is -0.388 e. The van der Waals surface area contributed by atoms with Crippen molar-refractivity contribution in [1.29, 1.82) is 0 Å². The van der Waals surface area contributed by atoms with Gasteiger partial charge in [0.1, 0.15) is 0 Å². The molecule has 0 fully saturated rings. The first-order valence-corrected chi connectivity index (χ1v) is 3.91. The maximum absolute atomic E-state index is 9.43. The molecule has 0 radical (unpaired) electrons. The molecule has 1 N–H and O–H groups in total. The van der Waals surface area contributed by atoms with Crippen LogP contribution in [-0.4, -0.2) is 10.1 Å². The first-order chi connectivity index (χ1) is 5.27. The summed E-state index contributed by atoms with van der Waals surface area (Å²) in [5, 5.41) is 9.43. The summed E-state index contributed by atoms with van der Waals surface area (Å²) in [6.45, 7) is 1.98. The molecule has 0 aromatic carbocycles. The van der Waals surface area contributed by atoms with Gasteiger partial charge in [-0.05, 0) is 31.4 Å².